The zero-order valence-corrected chi connectivity index (χ0v) is 17.6. The molecule has 0 N–H and O–H groups in total. The van der Waals surface area contributed by atoms with Crippen LogP contribution in [0.15, 0.2) is 54.6 Å². The number of carbonyl (C=O) groups excluding carboxylic acids is 2. The molecule has 2 heterocycles. The first-order valence-electron chi connectivity index (χ1n) is 10.3. The normalized spacial score (nSPS) is 14.1. The Morgan fingerprint density at radius 3 is 2.47 bits per heavy atom. The third kappa shape index (κ3) is 5.16. The van der Waals surface area contributed by atoms with E-state index >= 15 is 0 Å². The SMILES string of the molecule is O=C(CCCc1nc2ccccc2s1)OCC(=O)N1CCN(c2ccccc2)CC1. The van der Waals surface area contributed by atoms with Crippen LogP contribution in [0.5, 0.6) is 0 Å². The molecule has 156 valence electrons. The molecule has 1 aliphatic rings. The molecule has 3 aromatic rings. The number of piperazine rings is 1. The summed E-state index contributed by atoms with van der Waals surface area (Å²) in [6.07, 6.45) is 1.71. The number of rotatable bonds is 7. The zero-order chi connectivity index (χ0) is 20.8. The van der Waals surface area contributed by atoms with Gasteiger partial charge in [-0.05, 0) is 37.1 Å². The number of carbonyl (C=O) groups is 2. The van der Waals surface area contributed by atoms with Crippen LogP contribution >= 0.6 is 11.3 Å². The van der Waals surface area contributed by atoms with Gasteiger partial charge in [0.25, 0.3) is 5.91 Å². The zero-order valence-electron chi connectivity index (χ0n) is 16.8. The molecule has 0 unspecified atom stereocenters. The van der Waals surface area contributed by atoms with Crippen molar-refractivity contribution in [2.45, 2.75) is 19.3 Å². The van der Waals surface area contributed by atoms with Crippen LogP contribution in [0, 0.1) is 0 Å². The first kappa shape index (κ1) is 20.3. The Morgan fingerprint density at radius 1 is 0.967 bits per heavy atom. The molecule has 4 rings (SSSR count). The van der Waals surface area contributed by atoms with Gasteiger partial charge in [0.2, 0.25) is 0 Å². The van der Waals surface area contributed by atoms with Crippen molar-refractivity contribution in [1.29, 1.82) is 0 Å². The molecular formula is C23H25N3O3S. The van der Waals surface area contributed by atoms with Crippen LogP contribution in [0.1, 0.15) is 17.8 Å². The minimum atomic E-state index is -0.326. The summed E-state index contributed by atoms with van der Waals surface area (Å²) in [6, 6.07) is 18.2. The van der Waals surface area contributed by atoms with Gasteiger partial charge >= 0.3 is 5.97 Å². The van der Waals surface area contributed by atoms with Gasteiger partial charge in [0.15, 0.2) is 6.61 Å². The van der Waals surface area contributed by atoms with Crippen molar-refractivity contribution in [2.24, 2.45) is 0 Å². The lowest BCUT2D eigenvalue weighted by molar-refractivity contribution is -0.152. The van der Waals surface area contributed by atoms with Crippen molar-refractivity contribution in [3.05, 3.63) is 59.6 Å². The van der Waals surface area contributed by atoms with Crippen LogP contribution in [0.25, 0.3) is 10.2 Å². The molecule has 0 saturated carbocycles. The summed E-state index contributed by atoms with van der Waals surface area (Å²) in [5.74, 6) is -0.449. The highest BCUT2D eigenvalue weighted by Crippen LogP contribution is 2.22. The lowest BCUT2D eigenvalue weighted by atomic mass is 10.2. The van der Waals surface area contributed by atoms with E-state index in [2.05, 4.69) is 28.1 Å². The standard InChI is InChI=1S/C23H25N3O3S/c27-22(26-15-13-25(14-16-26)18-7-2-1-3-8-18)17-29-23(28)12-6-11-21-24-19-9-4-5-10-20(19)30-21/h1-5,7-10H,6,11-17H2. The molecule has 0 spiro atoms. The Hall–Kier alpha value is -2.93. The van der Waals surface area contributed by atoms with Crippen molar-refractivity contribution in [1.82, 2.24) is 9.88 Å². The summed E-state index contributed by atoms with van der Waals surface area (Å²) >= 11 is 1.66. The Kier molecular flexibility index (Phi) is 6.59. The number of ether oxygens (including phenoxy) is 1. The Balaban J connectivity index is 1.15. The van der Waals surface area contributed by atoms with Crippen LogP contribution in [0.4, 0.5) is 5.69 Å². The molecule has 1 fully saturated rings. The van der Waals surface area contributed by atoms with Crippen LogP contribution in [-0.4, -0.2) is 54.5 Å². The van der Waals surface area contributed by atoms with Crippen LogP contribution in [0.2, 0.25) is 0 Å². The van der Waals surface area contributed by atoms with Crippen molar-refractivity contribution in [3.63, 3.8) is 0 Å². The Morgan fingerprint density at radius 2 is 1.70 bits per heavy atom. The molecule has 1 aliphatic heterocycles. The van der Waals surface area contributed by atoms with E-state index in [0.29, 0.717) is 25.9 Å². The second-order valence-electron chi connectivity index (χ2n) is 7.29. The molecular weight excluding hydrogens is 398 g/mol. The van der Waals surface area contributed by atoms with Gasteiger partial charge in [-0.1, -0.05) is 30.3 Å². The monoisotopic (exact) mass is 423 g/mol. The number of benzene rings is 2. The van der Waals surface area contributed by atoms with E-state index in [0.717, 1.165) is 34.7 Å². The molecule has 6 nitrogen and oxygen atoms in total. The van der Waals surface area contributed by atoms with Gasteiger partial charge < -0.3 is 14.5 Å². The summed E-state index contributed by atoms with van der Waals surface area (Å²) in [5.41, 5.74) is 2.17. The third-order valence-electron chi connectivity index (χ3n) is 5.22. The van der Waals surface area contributed by atoms with Crippen LogP contribution in [-0.2, 0) is 20.7 Å². The van der Waals surface area contributed by atoms with Crippen molar-refractivity contribution in [3.8, 4) is 0 Å². The van der Waals surface area contributed by atoms with Gasteiger partial charge in [-0.3, -0.25) is 9.59 Å². The van der Waals surface area contributed by atoms with E-state index in [4.69, 9.17) is 4.74 Å². The van der Waals surface area contributed by atoms with E-state index in [9.17, 15) is 9.59 Å². The molecule has 2 aromatic carbocycles. The quantitative estimate of drug-likeness (QED) is 0.544. The number of fused-ring (bicyclic) bond motifs is 1. The average molecular weight is 424 g/mol. The maximum absolute atomic E-state index is 12.4. The van der Waals surface area contributed by atoms with Crippen LogP contribution < -0.4 is 4.90 Å². The lowest BCUT2D eigenvalue weighted by Gasteiger charge is -2.36. The number of amides is 1. The summed E-state index contributed by atoms with van der Waals surface area (Å²) in [7, 11) is 0. The second kappa shape index (κ2) is 9.71. The Labute approximate surface area is 180 Å². The highest BCUT2D eigenvalue weighted by atomic mass is 32.1. The largest absolute Gasteiger partial charge is 0.456 e. The lowest BCUT2D eigenvalue weighted by Crippen LogP contribution is -2.49. The summed E-state index contributed by atoms with van der Waals surface area (Å²) in [5, 5.41) is 1.02. The molecule has 0 bridgehead atoms. The number of hydrogen-bond acceptors (Lipinski definition) is 6. The number of hydrogen-bond donors (Lipinski definition) is 0. The van der Waals surface area contributed by atoms with Crippen molar-refractivity contribution in [2.75, 3.05) is 37.7 Å². The third-order valence-corrected chi connectivity index (χ3v) is 6.32. The molecule has 1 saturated heterocycles. The minimum absolute atomic E-state index is 0.123. The van der Waals surface area contributed by atoms with E-state index in [-0.39, 0.29) is 18.5 Å². The predicted molar refractivity (Wildman–Crippen MR) is 119 cm³/mol. The van der Waals surface area contributed by atoms with E-state index < -0.39 is 0 Å². The van der Waals surface area contributed by atoms with Gasteiger partial charge in [0.1, 0.15) is 0 Å². The maximum Gasteiger partial charge on any atom is 0.306 e. The van der Waals surface area contributed by atoms with Crippen molar-refractivity contribution < 1.29 is 14.3 Å². The smallest absolute Gasteiger partial charge is 0.306 e. The molecule has 7 heteroatoms. The number of aromatic nitrogens is 1. The summed E-state index contributed by atoms with van der Waals surface area (Å²) in [6.45, 7) is 2.68. The summed E-state index contributed by atoms with van der Waals surface area (Å²) < 4.78 is 6.36. The van der Waals surface area contributed by atoms with Gasteiger partial charge in [0.05, 0.1) is 15.2 Å². The van der Waals surface area contributed by atoms with Gasteiger partial charge in [0, 0.05) is 38.3 Å². The molecule has 0 aliphatic carbocycles. The fourth-order valence-electron chi connectivity index (χ4n) is 3.57. The molecule has 30 heavy (non-hydrogen) atoms. The second-order valence-corrected chi connectivity index (χ2v) is 8.41. The number of aryl methyl sites for hydroxylation is 1. The average Bonchev–Trinajstić information content (AvgIpc) is 3.21. The fourth-order valence-corrected chi connectivity index (χ4v) is 4.58. The van der Waals surface area contributed by atoms with E-state index in [1.54, 1.807) is 16.2 Å². The molecule has 1 aromatic heterocycles. The minimum Gasteiger partial charge on any atom is -0.456 e. The predicted octanol–water partition coefficient (Wildman–Crippen LogP) is 3.51. The Bertz CT molecular complexity index is 964. The number of esters is 1. The van der Waals surface area contributed by atoms with Gasteiger partial charge in [-0.25, -0.2) is 4.98 Å². The first-order chi connectivity index (χ1) is 14.7. The number of anilines is 1. The van der Waals surface area contributed by atoms with Gasteiger partial charge in [-0.2, -0.15) is 0 Å². The molecule has 0 radical (unpaired) electrons. The van der Waals surface area contributed by atoms with E-state index in [1.807, 2.05) is 36.4 Å². The number of thiazole rings is 1. The first-order valence-corrected chi connectivity index (χ1v) is 11.1. The highest BCUT2D eigenvalue weighted by molar-refractivity contribution is 7.18. The maximum atomic E-state index is 12.4. The topological polar surface area (TPSA) is 62.7 Å². The van der Waals surface area contributed by atoms with Crippen LogP contribution in [0.3, 0.4) is 0 Å². The molecule has 1 amide bonds. The van der Waals surface area contributed by atoms with E-state index in [1.165, 1.54) is 5.69 Å². The summed E-state index contributed by atoms with van der Waals surface area (Å²) in [4.78, 5) is 33.0. The van der Waals surface area contributed by atoms with Gasteiger partial charge in [-0.15, -0.1) is 11.3 Å². The number of nitrogens with zero attached hydrogens (tertiary/aromatic N) is 3. The molecule has 0 atom stereocenters. The fraction of sp³-hybridized carbons (Fsp3) is 0.348. The van der Waals surface area contributed by atoms with Crippen molar-refractivity contribution >= 4 is 39.1 Å². The highest BCUT2D eigenvalue weighted by Gasteiger charge is 2.22. The number of para-hydroxylation sites is 2.